The maximum atomic E-state index is 11.8. The van der Waals surface area contributed by atoms with Gasteiger partial charge in [0.05, 0.1) is 16.3 Å². The highest BCUT2D eigenvalue weighted by atomic mass is 32.1. The van der Waals surface area contributed by atoms with Crippen molar-refractivity contribution in [3.05, 3.63) is 48.5 Å². The molecule has 0 saturated carbocycles. The average Bonchev–Trinajstić information content (AvgIpc) is 2.98. The third-order valence-electron chi connectivity index (χ3n) is 3.47. The van der Waals surface area contributed by atoms with Crippen molar-refractivity contribution < 1.29 is 4.79 Å². The molecule has 3 N–H and O–H groups in total. The fraction of sp³-hybridized carbons (Fsp3) is 0.176. The molecule has 1 heterocycles. The van der Waals surface area contributed by atoms with Crippen LogP contribution in [0.5, 0.6) is 0 Å². The van der Waals surface area contributed by atoms with Gasteiger partial charge in [0.25, 0.3) is 0 Å². The van der Waals surface area contributed by atoms with Crippen LogP contribution in [-0.4, -0.2) is 16.9 Å². The van der Waals surface area contributed by atoms with Gasteiger partial charge in [0.2, 0.25) is 5.91 Å². The Hall–Kier alpha value is -2.24. The molecule has 1 unspecified atom stereocenters. The van der Waals surface area contributed by atoms with Gasteiger partial charge in [0, 0.05) is 11.3 Å². The van der Waals surface area contributed by atoms with E-state index in [1.165, 1.54) is 4.70 Å². The van der Waals surface area contributed by atoms with E-state index >= 15 is 0 Å². The predicted octanol–water partition coefficient (Wildman–Crippen LogP) is 3.64. The summed E-state index contributed by atoms with van der Waals surface area (Å²) in [4.78, 5) is 16.4. The molecule has 1 atom stereocenters. The van der Waals surface area contributed by atoms with Crippen molar-refractivity contribution in [3.8, 4) is 10.6 Å². The zero-order valence-corrected chi connectivity index (χ0v) is 13.1. The van der Waals surface area contributed by atoms with Crippen molar-refractivity contribution in [1.29, 1.82) is 0 Å². The molecule has 0 aliphatic carbocycles. The third-order valence-corrected chi connectivity index (χ3v) is 4.56. The number of amides is 1. The van der Waals surface area contributed by atoms with E-state index in [1.54, 1.807) is 11.3 Å². The molecule has 22 heavy (non-hydrogen) atoms. The SMILES string of the molecule is CCC(N)C(=O)Nc1ccc(-c2nc3ccccc3s2)cc1. The van der Waals surface area contributed by atoms with Gasteiger partial charge in [-0.05, 0) is 42.8 Å². The second-order valence-corrected chi connectivity index (χ2v) is 6.10. The summed E-state index contributed by atoms with van der Waals surface area (Å²) < 4.78 is 1.17. The summed E-state index contributed by atoms with van der Waals surface area (Å²) >= 11 is 1.66. The molecule has 1 aromatic heterocycles. The first kappa shape index (κ1) is 14.7. The minimum atomic E-state index is -0.469. The smallest absolute Gasteiger partial charge is 0.241 e. The Balaban J connectivity index is 1.80. The Morgan fingerprint density at radius 1 is 1.23 bits per heavy atom. The molecule has 3 rings (SSSR count). The van der Waals surface area contributed by atoms with Crippen LogP contribution in [0.2, 0.25) is 0 Å². The number of nitrogens with zero attached hydrogens (tertiary/aromatic N) is 1. The second-order valence-electron chi connectivity index (χ2n) is 5.07. The van der Waals surface area contributed by atoms with E-state index in [9.17, 15) is 4.79 Å². The summed E-state index contributed by atoms with van der Waals surface area (Å²) in [5.41, 5.74) is 8.51. The lowest BCUT2D eigenvalue weighted by atomic mass is 10.2. The molecule has 5 heteroatoms. The Labute approximate surface area is 133 Å². The standard InChI is InChI=1S/C17H17N3OS/c1-2-13(18)16(21)19-12-9-7-11(8-10-12)17-20-14-5-3-4-6-15(14)22-17/h3-10,13H,2,18H2,1H3,(H,19,21). The van der Waals surface area contributed by atoms with Crippen molar-refractivity contribution in [2.75, 3.05) is 5.32 Å². The van der Waals surface area contributed by atoms with Crippen LogP contribution in [0.4, 0.5) is 5.69 Å². The summed E-state index contributed by atoms with van der Waals surface area (Å²) in [5, 5.41) is 3.79. The van der Waals surface area contributed by atoms with Gasteiger partial charge in [-0.25, -0.2) is 4.98 Å². The van der Waals surface area contributed by atoms with Crippen LogP contribution in [0.15, 0.2) is 48.5 Å². The van der Waals surface area contributed by atoms with Gasteiger partial charge in [-0.2, -0.15) is 0 Å². The Bertz CT molecular complexity index is 762. The van der Waals surface area contributed by atoms with Crippen LogP contribution in [0.1, 0.15) is 13.3 Å². The van der Waals surface area contributed by atoms with Crippen LogP contribution in [0.25, 0.3) is 20.8 Å². The van der Waals surface area contributed by atoms with Crippen LogP contribution in [-0.2, 0) is 4.79 Å². The first-order chi connectivity index (χ1) is 10.7. The maximum Gasteiger partial charge on any atom is 0.241 e. The van der Waals surface area contributed by atoms with E-state index in [-0.39, 0.29) is 5.91 Å². The summed E-state index contributed by atoms with van der Waals surface area (Å²) in [5.74, 6) is -0.157. The van der Waals surface area contributed by atoms with Gasteiger partial charge in [0.15, 0.2) is 0 Å². The minimum Gasteiger partial charge on any atom is -0.325 e. The van der Waals surface area contributed by atoms with Crippen LogP contribution in [0, 0.1) is 0 Å². The lowest BCUT2D eigenvalue weighted by Crippen LogP contribution is -2.34. The molecule has 1 amide bonds. The molecular weight excluding hydrogens is 294 g/mol. The van der Waals surface area contributed by atoms with Gasteiger partial charge in [0.1, 0.15) is 5.01 Å². The number of hydrogen-bond acceptors (Lipinski definition) is 4. The number of para-hydroxylation sites is 1. The Kier molecular flexibility index (Phi) is 4.18. The molecule has 0 bridgehead atoms. The monoisotopic (exact) mass is 311 g/mol. The fourth-order valence-electron chi connectivity index (χ4n) is 2.11. The number of nitrogens with two attached hydrogens (primary N) is 1. The van der Waals surface area contributed by atoms with Gasteiger partial charge < -0.3 is 11.1 Å². The maximum absolute atomic E-state index is 11.8. The number of aromatic nitrogens is 1. The third kappa shape index (κ3) is 3.00. The molecule has 0 radical (unpaired) electrons. The predicted molar refractivity (Wildman–Crippen MR) is 92.0 cm³/mol. The number of benzene rings is 2. The van der Waals surface area contributed by atoms with Crippen LogP contribution >= 0.6 is 11.3 Å². The van der Waals surface area contributed by atoms with E-state index in [1.807, 2.05) is 49.4 Å². The summed E-state index contributed by atoms with van der Waals surface area (Å²) in [6.07, 6.45) is 0.621. The number of hydrogen-bond donors (Lipinski definition) is 2. The first-order valence-electron chi connectivity index (χ1n) is 7.20. The first-order valence-corrected chi connectivity index (χ1v) is 8.01. The quantitative estimate of drug-likeness (QED) is 0.773. The van der Waals surface area contributed by atoms with E-state index in [0.717, 1.165) is 21.8 Å². The molecule has 0 saturated heterocycles. The molecule has 112 valence electrons. The van der Waals surface area contributed by atoms with Crippen molar-refractivity contribution in [2.45, 2.75) is 19.4 Å². The molecule has 2 aromatic carbocycles. The molecule has 0 aliphatic heterocycles. The summed E-state index contributed by atoms with van der Waals surface area (Å²) in [6, 6.07) is 15.3. The van der Waals surface area contributed by atoms with Gasteiger partial charge in [-0.15, -0.1) is 11.3 Å². The summed E-state index contributed by atoms with van der Waals surface area (Å²) in [6.45, 7) is 1.89. The minimum absolute atomic E-state index is 0.157. The highest BCUT2D eigenvalue weighted by Gasteiger charge is 2.11. The zero-order valence-electron chi connectivity index (χ0n) is 12.2. The van der Waals surface area contributed by atoms with Gasteiger partial charge in [-0.3, -0.25) is 4.79 Å². The number of carbonyl (C=O) groups is 1. The topological polar surface area (TPSA) is 68.0 Å². The second kappa shape index (κ2) is 6.25. The van der Waals surface area contributed by atoms with Gasteiger partial charge in [-0.1, -0.05) is 19.1 Å². The Morgan fingerprint density at radius 2 is 1.95 bits per heavy atom. The zero-order chi connectivity index (χ0) is 15.5. The number of carbonyl (C=O) groups excluding carboxylic acids is 1. The van der Waals surface area contributed by atoms with Crippen LogP contribution in [0.3, 0.4) is 0 Å². The average molecular weight is 311 g/mol. The lowest BCUT2D eigenvalue weighted by molar-refractivity contribution is -0.117. The Morgan fingerprint density at radius 3 is 2.64 bits per heavy atom. The van der Waals surface area contributed by atoms with Crippen molar-refractivity contribution in [1.82, 2.24) is 4.98 Å². The van der Waals surface area contributed by atoms with E-state index < -0.39 is 6.04 Å². The molecule has 0 fully saturated rings. The molecule has 0 spiro atoms. The molecule has 4 nitrogen and oxygen atoms in total. The number of rotatable bonds is 4. The molecule has 3 aromatic rings. The normalized spacial score (nSPS) is 12.3. The highest BCUT2D eigenvalue weighted by Crippen LogP contribution is 2.30. The van der Waals surface area contributed by atoms with Crippen molar-refractivity contribution in [3.63, 3.8) is 0 Å². The number of fused-ring (bicyclic) bond motifs is 1. The van der Waals surface area contributed by atoms with E-state index in [2.05, 4.69) is 16.4 Å². The fourth-order valence-corrected chi connectivity index (χ4v) is 3.08. The van der Waals surface area contributed by atoms with E-state index in [0.29, 0.717) is 6.42 Å². The summed E-state index contributed by atoms with van der Waals surface area (Å²) in [7, 11) is 0. The molecule has 0 aliphatic rings. The highest BCUT2D eigenvalue weighted by molar-refractivity contribution is 7.21. The largest absolute Gasteiger partial charge is 0.325 e. The molecular formula is C17H17N3OS. The van der Waals surface area contributed by atoms with Crippen LogP contribution < -0.4 is 11.1 Å². The number of nitrogens with one attached hydrogen (secondary N) is 1. The van der Waals surface area contributed by atoms with Gasteiger partial charge >= 0.3 is 0 Å². The lowest BCUT2D eigenvalue weighted by Gasteiger charge is -2.10. The van der Waals surface area contributed by atoms with E-state index in [4.69, 9.17) is 5.73 Å². The van der Waals surface area contributed by atoms with Crippen molar-refractivity contribution in [2.24, 2.45) is 5.73 Å². The number of anilines is 1. The number of thiazole rings is 1. The van der Waals surface area contributed by atoms with Crippen molar-refractivity contribution >= 4 is 33.1 Å².